The van der Waals surface area contributed by atoms with E-state index >= 15 is 0 Å². The lowest BCUT2D eigenvalue weighted by atomic mass is 9.87. The first-order chi connectivity index (χ1) is 15.1. The van der Waals surface area contributed by atoms with Crippen LogP contribution in [0.1, 0.15) is 52.0 Å². The number of hydrogen-bond acceptors (Lipinski definition) is 4. The molecule has 1 aliphatic rings. The summed E-state index contributed by atoms with van der Waals surface area (Å²) in [5.41, 5.74) is 1.37. The molecule has 2 aromatic rings. The second-order valence-electron chi connectivity index (χ2n) is 9.32. The molecule has 0 aromatic heterocycles. The van der Waals surface area contributed by atoms with E-state index in [1.807, 2.05) is 17.0 Å². The van der Waals surface area contributed by atoms with Crippen molar-refractivity contribution < 1.29 is 17.9 Å². The molecule has 0 spiro atoms. The topological polar surface area (TPSA) is 75.7 Å². The van der Waals surface area contributed by atoms with Crippen molar-refractivity contribution in [3.8, 4) is 5.75 Å². The van der Waals surface area contributed by atoms with Crippen molar-refractivity contribution in [2.75, 3.05) is 19.7 Å². The van der Waals surface area contributed by atoms with Gasteiger partial charge in [-0.15, -0.1) is 0 Å². The molecule has 1 fully saturated rings. The van der Waals surface area contributed by atoms with Crippen LogP contribution in [0.15, 0.2) is 59.5 Å². The summed E-state index contributed by atoms with van der Waals surface area (Å²) >= 11 is 0. The summed E-state index contributed by atoms with van der Waals surface area (Å²) in [6.45, 7) is 8.15. The van der Waals surface area contributed by atoms with Crippen LogP contribution < -0.4 is 9.46 Å². The molecule has 1 heterocycles. The number of ether oxygens (including phenoxy) is 1. The Kier molecular flexibility index (Phi) is 7.96. The van der Waals surface area contributed by atoms with Crippen molar-refractivity contribution in [1.82, 2.24) is 9.62 Å². The minimum absolute atomic E-state index is 0.0982. The largest absolute Gasteiger partial charge is 0.494 e. The zero-order valence-corrected chi connectivity index (χ0v) is 20.0. The Morgan fingerprint density at radius 2 is 1.66 bits per heavy atom. The van der Waals surface area contributed by atoms with Gasteiger partial charge in [0.05, 0.1) is 11.5 Å². The van der Waals surface area contributed by atoms with E-state index in [0.29, 0.717) is 45.4 Å². The van der Waals surface area contributed by atoms with Crippen molar-refractivity contribution in [1.29, 1.82) is 0 Å². The van der Waals surface area contributed by atoms with E-state index in [9.17, 15) is 13.2 Å². The van der Waals surface area contributed by atoms with E-state index in [4.69, 9.17) is 4.74 Å². The van der Waals surface area contributed by atoms with E-state index in [-0.39, 0.29) is 22.3 Å². The molecule has 0 unspecified atom stereocenters. The standard InChI is InChI=1S/C25H34N2O4S/c1-25(2,3)20-11-13-22(14-12-20)31-19-7-10-24(28)27-17-15-21(16-18-27)26-32(29,30)23-8-5-4-6-9-23/h4-6,8-9,11-14,21,26H,7,10,15-19H2,1-3H3. The van der Waals surface area contributed by atoms with Crippen LogP contribution >= 0.6 is 0 Å². The highest BCUT2D eigenvalue weighted by Gasteiger charge is 2.26. The molecule has 1 amide bonds. The minimum atomic E-state index is -3.52. The van der Waals surface area contributed by atoms with E-state index < -0.39 is 10.0 Å². The molecule has 1 N–H and O–H groups in total. The van der Waals surface area contributed by atoms with Gasteiger partial charge in [-0.05, 0) is 54.5 Å². The predicted molar refractivity (Wildman–Crippen MR) is 126 cm³/mol. The Morgan fingerprint density at radius 1 is 1.03 bits per heavy atom. The molecule has 0 saturated carbocycles. The highest BCUT2D eigenvalue weighted by Crippen LogP contribution is 2.24. The Morgan fingerprint density at radius 3 is 2.25 bits per heavy atom. The van der Waals surface area contributed by atoms with Gasteiger partial charge in [-0.2, -0.15) is 0 Å². The summed E-state index contributed by atoms with van der Waals surface area (Å²) in [5.74, 6) is 0.915. The number of likely N-dealkylation sites (tertiary alicyclic amines) is 1. The fourth-order valence-corrected chi connectivity index (χ4v) is 5.08. The second kappa shape index (κ2) is 10.5. The van der Waals surface area contributed by atoms with Crippen molar-refractivity contribution in [2.24, 2.45) is 0 Å². The van der Waals surface area contributed by atoms with Crippen LogP contribution in [0.3, 0.4) is 0 Å². The summed E-state index contributed by atoms with van der Waals surface area (Å²) in [7, 11) is -3.52. The highest BCUT2D eigenvalue weighted by molar-refractivity contribution is 7.89. The number of nitrogens with zero attached hydrogens (tertiary/aromatic N) is 1. The van der Waals surface area contributed by atoms with E-state index in [1.165, 1.54) is 5.56 Å². The van der Waals surface area contributed by atoms with Crippen LogP contribution in [0.25, 0.3) is 0 Å². The van der Waals surface area contributed by atoms with E-state index in [2.05, 4.69) is 37.6 Å². The molecular weight excluding hydrogens is 424 g/mol. The van der Waals surface area contributed by atoms with Crippen LogP contribution in [0.4, 0.5) is 0 Å². The smallest absolute Gasteiger partial charge is 0.240 e. The maximum absolute atomic E-state index is 12.5. The van der Waals surface area contributed by atoms with Gasteiger partial charge in [0.25, 0.3) is 0 Å². The average Bonchev–Trinajstić information content (AvgIpc) is 2.77. The van der Waals surface area contributed by atoms with Crippen LogP contribution in [-0.2, 0) is 20.2 Å². The molecule has 0 radical (unpaired) electrons. The average molecular weight is 459 g/mol. The minimum Gasteiger partial charge on any atom is -0.494 e. The quantitative estimate of drug-likeness (QED) is 0.604. The van der Waals surface area contributed by atoms with Gasteiger partial charge in [-0.3, -0.25) is 4.79 Å². The summed E-state index contributed by atoms with van der Waals surface area (Å²) in [6, 6.07) is 16.3. The molecule has 32 heavy (non-hydrogen) atoms. The lowest BCUT2D eigenvalue weighted by molar-refractivity contribution is -0.132. The Balaban J connectivity index is 1.37. The maximum Gasteiger partial charge on any atom is 0.240 e. The highest BCUT2D eigenvalue weighted by atomic mass is 32.2. The molecule has 1 aliphatic heterocycles. The Hall–Kier alpha value is -2.38. The SMILES string of the molecule is CC(C)(C)c1ccc(OCCCC(=O)N2CCC(NS(=O)(=O)c3ccccc3)CC2)cc1. The monoisotopic (exact) mass is 458 g/mol. The normalized spacial score (nSPS) is 15.5. The van der Waals surface area contributed by atoms with Crippen molar-refractivity contribution in [3.05, 3.63) is 60.2 Å². The molecule has 174 valence electrons. The predicted octanol–water partition coefficient (Wildman–Crippen LogP) is 4.11. The lowest BCUT2D eigenvalue weighted by Gasteiger charge is -2.32. The molecule has 0 bridgehead atoms. The van der Waals surface area contributed by atoms with Gasteiger partial charge in [0, 0.05) is 25.6 Å². The zero-order valence-electron chi connectivity index (χ0n) is 19.2. The van der Waals surface area contributed by atoms with Gasteiger partial charge in [0.15, 0.2) is 0 Å². The van der Waals surface area contributed by atoms with E-state index in [1.54, 1.807) is 30.3 Å². The second-order valence-corrected chi connectivity index (χ2v) is 11.0. The molecule has 1 saturated heterocycles. The first kappa shape index (κ1) is 24.3. The number of carbonyl (C=O) groups is 1. The number of rotatable bonds is 8. The first-order valence-corrected chi connectivity index (χ1v) is 12.7. The van der Waals surface area contributed by atoms with Crippen LogP contribution in [-0.4, -0.2) is 45.0 Å². The summed E-state index contributed by atoms with van der Waals surface area (Å²) in [4.78, 5) is 14.6. The van der Waals surface area contributed by atoms with E-state index in [0.717, 1.165) is 5.75 Å². The van der Waals surface area contributed by atoms with Gasteiger partial charge in [-0.25, -0.2) is 13.1 Å². The molecule has 6 nitrogen and oxygen atoms in total. The van der Waals surface area contributed by atoms with Crippen molar-refractivity contribution >= 4 is 15.9 Å². The van der Waals surface area contributed by atoms with Crippen LogP contribution in [0.2, 0.25) is 0 Å². The molecule has 2 aromatic carbocycles. The number of sulfonamides is 1. The molecule has 0 atom stereocenters. The summed E-state index contributed by atoms with van der Waals surface area (Å²) in [5, 5.41) is 0. The number of hydrogen-bond donors (Lipinski definition) is 1. The molecular formula is C25H34N2O4S. The third-order valence-electron chi connectivity index (χ3n) is 5.75. The maximum atomic E-state index is 12.5. The van der Waals surface area contributed by atoms with Gasteiger partial charge in [0.1, 0.15) is 5.75 Å². The number of amides is 1. The number of benzene rings is 2. The zero-order chi connectivity index (χ0) is 23.2. The number of piperidine rings is 1. The lowest BCUT2D eigenvalue weighted by Crippen LogP contribution is -2.46. The van der Waals surface area contributed by atoms with Crippen molar-refractivity contribution in [2.45, 2.75) is 62.8 Å². The van der Waals surface area contributed by atoms with Gasteiger partial charge < -0.3 is 9.64 Å². The Labute approximate surface area is 192 Å². The summed E-state index contributed by atoms with van der Waals surface area (Å²) in [6.07, 6.45) is 2.32. The van der Waals surface area contributed by atoms with Crippen LogP contribution in [0, 0.1) is 0 Å². The fraction of sp³-hybridized carbons (Fsp3) is 0.480. The van der Waals surface area contributed by atoms with Gasteiger partial charge >= 0.3 is 0 Å². The van der Waals surface area contributed by atoms with Gasteiger partial charge in [-0.1, -0.05) is 51.1 Å². The van der Waals surface area contributed by atoms with Crippen LogP contribution in [0.5, 0.6) is 5.75 Å². The number of nitrogens with one attached hydrogen (secondary N) is 1. The summed E-state index contributed by atoms with van der Waals surface area (Å²) < 4.78 is 33.5. The Bertz CT molecular complexity index is 975. The fourth-order valence-electron chi connectivity index (χ4n) is 3.76. The molecule has 3 rings (SSSR count). The van der Waals surface area contributed by atoms with Crippen molar-refractivity contribution in [3.63, 3.8) is 0 Å². The molecule has 0 aliphatic carbocycles. The third-order valence-corrected chi connectivity index (χ3v) is 7.28. The first-order valence-electron chi connectivity index (χ1n) is 11.2. The third kappa shape index (κ3) is 6.81. The molecule has 7 heteroatoms. The van der Waals surface area contributed by atoms with Gasteiger partial charge in [0.2, 0.25) is 15.9 Å². The number of carbonyl (C=O) groups excluding carboxylic acids is 1.